The first-order chi connectivity index (χ1) is 19.9. The molecule has 2 fully saturated rings. The molecule has 2 aliphatic carbocycles. The Morgan fingerprint density at radius 3 is 2.55 bits per heavy atom. The van der Waals surface area contributed by atoms with Crippen molar-refractivity contribution in [2.45, 2.75) is 70.9 Å². The standard InChI is InChI=1S/C33H34N2O7/c1-31(2)23-15-25(41-29(38)19-9-7-18(16-34)8-10-19)33(4)28(32(23,3)12-11-24(31)36)27(37)26-22(42-33)14-21(40-30(26)39)20-6-5-13-35-17-20/h5-10,13-14,17,23-25,27-28,36-37H,11-12,15H2,1-4H3/t23?,24-,25-,27-,28?,32-,33+/m0/s1. The van der Waals surface area contributed by atoms with E-state index in [0.29, 0.717) is 30.4 Å². The Hall–Kier alpha value is -4.00. The molecule has 0 spiro atoms. The van der Waals surface area contributed by atoms with Crippen molar-refractivity contribution in [2.75, 3.05) is 0 Å². The summed E-state index contributed by atoms with van der Waals surface area (Å²) in [5.41, 5.74) is -1.75. The molecule has 9 heteroatoms. The molecule has 1 aromatic carbocycles. The summed E-state index contributed by atoms with van der Waals surface area (Å²) in [4.78, 5) is 31.0. The zero-order valence-electron chi connectivity index (χ0n) is 24.0. The van der Waals surface area contributed by atoms with Gasteiger partial charge >= 0.3 is 11.6 Å². The molecule has 2 aromatic heterocycles. The van der Waals surface area contributed by atoms with Crippen molar-refractivity contribution in [1.29, 1.82) is 5.26 Å². The van der Waals surface area contributed by atoms with Crippen LogP contribution in [0.25, 0.3) is 11.3 Å². The van der Waals surface area contributed by atoms with E-state index in [9.17, 15) is 19.8 Å². The van der Waals surface area contributed by atoms with Crippen molar-refractivity contribution < 1.29 is 28.9 Å². The average Bonchev–Trinajstić information content (AvgIpc) is 2.96. The molecular formula is C33H34N2O7. The second kappa shape index (κ2) is 9.79. The Morgan fingerprint density at radius 1 is 1.14 bits per heavy atom. The summed E-state index contributed by atoms with van der Waals surface area (Å²) >= 11 is 0. The van der Waals surface area contributed by atoms with E-state index in [4.69, 9.17) is 19.2 Å². The number of carbonyl (C=O) groups excluding carboxylic acids is 1. The Morgan fingerprint density at radius 2 is 1.88 bits per heavy atom. The van der Waals surface area contributed by atoms with Gasteiger partial charge in [0.05, 0.1) is 29.4 Å². The number of carbonyl (C=O) groups is 1. The lowest BCUT2D eigenvalue weighted by molar-refractivity contribution is -0.256. The van der Waals surface area contributed by atoms with Crippen molar-refractivity contribution in [3.63, 3.8) is 0 Å². The zero-order valence-corrected chi connectivity index (χ0v) is 24.0. The normalized spacial score (nSPS) is 32.7. The van der Waals surface area contributed by atoms with Gasteiger partial charge in [0, 0.05) is 29.9 Å². The number of aliphatic hydroxyl groups excluding tert-OH is 2. The molecule has 2 unspecified atom stereocenters. The zero-order chi connectivity index (χ0) is 30.0. The minimum Gasteiger partial charge on any atom is -0.482 e. The number of nitrogens with zero attached hydrogens (tertiary/aromatic N) is 2. The van der Waals surface area contributed by atoms with Gasteiger partial charge in [-0.3, -0.25) is 4.98 Å². The van der Waals surface area contributed by atoms with Gasteiger partial charge < -0.3 is 24.1 Å². The molecule has 3 heterocycles. The summed E-state index contributed by atoms with van der Waals surface area (Å²) in [7, 11) is 0. The fourth-order valence-electron chi connectivity index (χ4n) is 8.06. The quantitative estimate of drug-likeness (QED) is 0.424. The maximum atomic E-state index is 13.5. The summed E-state index contributed by atoms with van der Waals surface area (Å²) in [5, 5.41) is 32.3. The van der Waals surface area contributed by atoms with E-state index in [0.717, 1.165) is 0 Å². The van der Waals surface area contributed by atoms with Crippen LogP contribution in [-0.2, 0) is 4.74 Å². The number of ether oxygens (including phenoxy) is 2. The smallest absolute Gasteiger partial charge is 0.345 e. The van der Waals surface area contributed by atoms with Gasteiger partial charge in [0.25, 0.3) is 0 Å². The SMILES string of the molecule is CC1(C)C2C[C@H](OC(=O)c3ccc(C#N)cc3)[C@@]3(C)Oc4cc(-c5cccnc5)oc(=O)c4[C@H](O)C3[C@@]2(C)CC[C@@H]1O. The van der Waals surface area contributed by atoms with E-state index in [1.165, 1.54) is 0 Å². The number of benzene rings is 1. The van der Waals surface area contributed by atoms with Crippen LogP contribution in [0.1, 0.15) is 74.5 Å². The van der Waals surface area contributed by atoms with Gasteiger partial charge in [-0.15, -0.1) is 0 Å². The molecule has 7 atom stereocenters. The van der Waals surface area contributed by atoms with Crippen LogP contribution < -0.4 is 10.4 Å². The van der Waals surface area contributed by atoms with Crippen molar-refractivity contribution in [1.82, 2.24) is 4.98 Å². The molecule has 1 aliphatic heterocycles. The Kier molecular flexibility index (Phi) is 6.56. The second-order valence-corrected chi connectivity index (χ2v) is 12.9. The van der Waals surface area contributed by atoms with Gasteiger partial charge in [-0.05, 0) is 79.3 Å². The first-order valence-electron chi connectivity index (χ1n) is 14.2. The van der Waals surface area contributed by atoms with Crippen LogP contribution in [0.2, 0.25) is 0 Å². The number of hydrogen-bond donors (Lipinski definition) is 2. The largest absolute Gasteiger partial charge is 0.482 e. The van der Waals surface area contributed by atoms with Crippen LogP contribution in [-0.4, -0.2) is 39.0 Å². The van der Waals surface area contributed by atoms with Gasteiger partial charge in [0.1, 0.15) is 28.8 Å². The molecule has 42 heavy (non-hydrogen) atoms. The topological polar surface area (TPSA) is 143 Å². The van der Waals surface area contributed by atoms with E-state index < -0.39 is 52.3 Å². The van der Waals surface area contributed by atoms with Crippen LogP contribution in [0.5, 0.6) is 5.75 Å². The highest BCUT2D eigenvalue weighted by Gasteiger charge is 2.69. The third-order valence-electron chi connectivity index (χ3n) is 10.3. The molecule has 0 bridgehead atoms. The highest BCUT2D eigenvalue weighted by molar-refractivity contribution is 5.89. The highest BCUT2D eigenvalue weighted by atomic mass is 16.6. The Bertz CT molecular complexity index is 1630. The van der Waals surface area contributed by atoms with E-state index in [1.54, 1.807) is 54.9 Å². The molecule has 0 saturated heterocycles. The molecule has 9 nitrogen and oxygen atoms in total. The van der Waals surface area contributed by atoms with Crippen LogP contribution in [0.15, 0.2) is 64.1 Å². The molecule has 0 amide bonds. The van der Waals surface area contributed by atoms with Gasteiger partial charge in [0.15, 0.2) is 0 Å². The van der Waals surface area contributed by atoms with Crippen LogP contribution in [0.3, 0.4) is 0 Å². The van der Waals surface area contributed by atoms with Gasteiger partial charge in [-0.1, -0.05) is 20.8 Å². The van der Waals surface area contributed by atoms with Gasteiger partial charge in [-0.25, -0.2) is 9.59 Å². The molecule has 0 radical (unpaired) electrons. The second-order valence-electron chi connectivity index (χ2n) is 12.9. The molecule has 3 aromatic rings. The number of esters is 1. The number of fused-ring (bicyclic) bond motifs is 4. The van der Waals surface area contributed by atoms with Crippen molar-refractivity contribution in [3.05, 3.63) is 82.0 Å². The molecule has 218 valence electrons. The first-order valence-corrected chi connectivity index (χ1v) is 14.2. The summed E-state index contributed by atoms with van der Waals surface area (Å²) in [6, 6.07) is 13.3. The maximum absolute atomic E-state index is 13.5. The lowest BCUT2D eigenvalue weighted by atomic mass is 9.43. The molecule has 6 rings (SSSR count). The minimum atomic E-state index is -1.27. The van der Waals surface area contributed by atoms with E-state index >= 15 is 0 Å². The Labute approximate surface area is 243 Å². The third kappa shape index (κ3) is 4.16. The molecular weight excluding hydrogens is 536 g/mol. The maximum Gasteiger partial charge on any atom is 0.345 e. The van der Waals surface area contributed by atoms with Gasteiger partial charge in [-0.2, -0.15) is 5.26 Å². The minimum absolute atomic E-state index is 0.0353. The molecule has 2 N–H and O–H groups in total. The number of hydrogen-bond acceptors (Lipinski definition) is 9. The van der Waals surface area contributed by atoms with E-state index in [2.05, 4.69) is 11.9 Å². The van der Waals surface area contributed by atoms with Crippen molar-refractivity contribution >= 4 is 5.97 Å². The molecule has 2 saturated carbocycles. The number of aliphatic hydroxyl groups is 2. The Balaban J connectivity index is 1.47. The van der Waals surface area contributed by atoms with Crippen molar-refractivity contribution in [2.24, 2.45) is 22.7 Å². The fourth-order valence-corrected chi connectivity index (χ4v) is 8.06. The summed E-state index contributed by atoms with van der Waals surface area (Å²) in [6.07, 6.45) is 1.99. The predicted molar refractivity (Wildman–Crippen MR) is 151 cm³/mol. The van der Waals surface area contributed by atoms with Crippen LogP contribution in [0.4, 0.5) is 0 Å². The summed E-state index contributed by atoms with van der Waals surface area (Å²) in [5.74, 6) is -1.00. The lowest BCUT2D eigenvalue weighted by Gasteiger charge is -2.66. The highest BCUT2D eigenvalue weighted by Crippen LogP contribution is 2.67. The van der Waals surface area contributed by atoms with Crippen LogP contribution in [0, 0.1) is 34.0 Å². The first kappa shape index (κ1) is 28.1. The monoisotopic (exact) mass is 570 g/mol. The van der Waals surface area contributed by atoms with E-state index in [-0.39, 0.29) is 28.6 Å². The number of rotatable bonds is 3. The van der Waals surface area contributed by atoms with Gasteiger partial charge in [0.2, 0.25) is 0 Å². The average molecular weight is 571 g/mol. The van der Waals surface area contributed by atoms with E-state index in [1.807, 2.05) is 26.8 Å². The lowest BCUT2D eigenvalue weighted by Crippen LogP contribution is -2.70. The fraction of sp³-hybridized carbons (Fsp3) is 0.455. The summed E-state index contributed by atoms with van der Waals surface area (Å²) in [6.45, 7) is 7.91. The van der Waals surface area contributed by atoms with Crippen LogP contribution >= 0.6 is 0 Å². The predicted octanol–water partition coefficient (Wildman–Crippen LogP) is 4.81. The number of nitriles is 1. The number of pyridine rings is 1. The number of aromatic nitrogens is 1. The summed E-state index contributed by atoms with van der Waals surface area (Å²) < 4.78 is 18.6. The van der Waals surface area contributed by atoms with Crippen molar-refractivity contribution in [3.8, 4) is 23.1 Å². The third-order valence-corrected chi connectivity index (χ3v) is 10.3. The molecule has 3 aliphatic rings.